The molecule has 0 amide bonds. The van der Waals surface area contributed by atoms with Gasteiger partial charge >= 0.3 is 5.97 Å². The number of esters is 1. The number of carbonyl (C=O) groups is 2. The Morgan fingerprint density at radius 1 is 1.12 bits per heavy atom. The zero-order valence-corrected chi connectivity index (χ0v) is 14.8. The number of Topliss-reactive ketones (excluding diaryl/α,β-unsaturated/α-hetero) is 1. The minimum Gasteiger partial charge on any atom is -0.463 e. The number of ether oxygens (including phenoxy) is 1. The lowest BCUT2D eigenvalue weighted by Crippen LogP contribution is -2.19. The van der Waals surface area contributed by atoms with Gasteiger partial charge < -0.3 is 9.30 Å². The van der Waals surface area contributed by atoms with Crippen LogP contribution in [0.25, 0.3) is 10.9 Å². The summed E-state index contributed by atoms with van der Waals surface area (Å²) in [7, 11) is 3.18. The van der Waals surface area contributed by atoms with E-state index in [9.17, 15) is 9.59 Å². The number of nitrogens with zero attached hydrogens (tertiary/aromatic N) is 1. The topological polar surface area (TPSA) is 48.3 Å². The maximum atomic E-state index is 12.2. The Morgan fingerprint density at radius 3 is 2.48 bits per heavy atom. The van der Waals surface area contributed by atoms with E-state index in [-0.39, 0.29) is 12.3 Å². The molecule has 2 aromatic carbocycles. The Labute approximate surface area is 151 Å². The minimum atomic E-state index is -0.820. The van der Waals surface area contributed by atoms with Crippen LogP contribution in [0, 0.1) is 0 Å². The Kier molecular flexibility index (Phi) is 4.91. The van der Waals surface area contributed by atoms with Gasteiger partial charge in [0.1, 0.15) is 0 Å². The van der Waals surface area contributed by atoms with Crippen LogP contribution in [-0.4, -0.2) is 23.4 Å². The SMILES string of the molecule is COC(=O)C(=O)C[C@@H](c1ccc(Cl)cc1)c1cn(C)c2ccccc12. The molecule has 0 saturated heterocycles. The maximum absolute atomic E-state index is 12.2. The van der Waals surface area contributed by atoms with E-state index in [1.165, 1.54) is 7.11 Å². The minimum absolute atomic E-state index is 0.0440. The second kappa shape index (κ2) is 7.11. The lowest BCUT2D eigenvalue weighted by atomic mass is 9.87. The molecule has 0 aliphatic rings. The van der Waals surface area contributed by atoms with E-state index in [1.807, 2.05) is 54.2 Å². The number of carbonyl (C=O) groups excluding carboxylic acids is 2. The van der Waals surface area contributed by atoms with E-state index in [4.69, 9.17) is 11.6 Å². The van der Waals surface area contributed by atoms with Gasteiger partial charge in [-0.05, 0) is 29.3 Å². The van der Waals surface area contributed by atoms with Crippen LogP contribution in [0.15, 0.2) is 54.7 Å². The number of hydrogen-bond acceptors (Lipinski definition) is 3. The molecule has 0 aliphatic carbocycles. The van der Waals surface area contributed by atoms with E-state index in [0.717, 1.165) is 22.0 Å². The van der Waals surface area contributed by atoms with Gasteiger partial charge in [0.2, 0.25) is 5.78 Å². The molecule has 0 N–H and O–H groups in total. The molecule has 0 fully saturated rings. The van der Waals surface area contributed by atoms with Crippen molar-refractivity contribution in [3.63, 3.8) is 0 Å². The molecule has 4 nitrogen and oxygen atoms in total. The summed E-state index contributed by atoms with van der Waals surface area (Å²) in [6, 6.07) is 15.3. The Bertz CT molecular complexity index is 928. The van der Waals surface area contributed by atoms with Crippen LogP contribution in [0.4, 0.5) is 0 Å². The van der Waals surface area contributed by atoms with Gasteiger partial charge in [0.05, 0.1) is 7.11 Å². The molecule has 3 aromatic rings. The molecule has 0 aliphatic heterocycles. The van der Waals surface area contributed by atoms with Crippen LogP contribution in [0.1, 0.15) is 23.5 Å². The molecule has 1 heterocycles. The normalized spacial score (nSPS) is 12.1. The van der Waals surface area contributed by atoms with Crippen LogP contribution in [0.5, 0.6) is 0 Å². The summed E-state index contributed by atoms with van der Waals surface area (Å²) in [5, 5.41) is 1.68. The second-order valence-corrected chi connectivity index (χ2v) is 6.37. The standard InChI is InChI=1S/C20H18ClNO3/c1-22-12-17(15-5-3-4-6-18(15)22)16(11-19(23)20(24)25-2)13-7-9-14(21)10-8-13/h3-10,12,16H,11H2,1-2H3/t16-/m0/s1. The van der Waals surface area contributed by atoms with Gasteiger partial charge in [-0.25, -0.2) is 4.79 Å². The number of ketones is 1. The van der Waals surface area contributed by atoms with E-state index in [2.05, 4.69) is 4.74 Å². The average Bonchev–Trinajstić information content (AvgIpc) is 2.96. The van der Waals surface area contributed by atoms with Crippen LogP contribution < -0.4 is 0 Å². The van der Waals surface area contributed by atoms with Crippen LogP contribution in [0.2, 0.25) is 5.02 Å². The van der Waals surface area contributed by atoms with Crippen molar-refractivity contribution in [2.45, 2.75) is 12.3 Å². The number of halogens is 1. The number of methoxy groups -OCH3 is 1. The number of hydrogen-bond donors (Lipinski definition) is 0. The first kappa shape index (κ1) is 17.2. The van der Waals surface area contributed by atoms with Gasteiger partial charge in [0.25, 0.3) is 0 Å². The third-order valence-electron chi connectivity index (χ3n) is 4.38. The van der Waals surface area contributed by atoms with Gasteiger partial charge in [-0.15, -0.1) is 0 Å². The summed E-state index contributed by atoms with van der Waals surface area (Å²) in [4.78, 5) is 23.9. The van der Waals surface area contributed by atoms with Gasteiger partial charge in [-0.1, -0.05) is 41.9 Å². The first-order valence-corrected chi connectivity index (χ1v) is 8.29. The number of benzene rings is 2. The number of aromatic nitrogens is 1. The van der Waals surface area contributed by atoms with Crippen LogP contribution in [0.3, 0.4) is 0 Å². The highest BCUT2D eigenvalue weighted by molar-refractivity contribution is 6.33. The molecule has 0 unspecified atom stereocenters. The molecule has 128 valence electrons. The van der Waals surface area contributed by atoms with E-state index in [0.29, 0.717) is 5.02 Å². The zero-order valence-electron chi connectivity index (χ0n) is 14.0. The van der Waals surface area contributed by atoms with Crippen molar-refractivity contribution < 1.29 is 14.3 Å². The van der Waals surface area contributed by atoms with Gasteiger partial charge in [-0.2, -0.15) is 0 Å². The highest BCUT2D eigenvalue weighted by Gasteiger charge is 2.25. The predicted molar refractivity (Wildman–Crippen MR) is 97.9 cm³/mol. The number of aryl methyl sites for hydroxylation is 1. The van der Waals surface area contributed by atoms with E-state index in [1.54, 1.807) is 12.1 Å². The third-order valence-corrected chi connectivity index (χ3v) is 4.63. The van der Waals surface area contributed by atoms with Crippen molar-refractivity contribution in [3.05, 3.63) is 70.9 Å². The number of rotatable bonds is 5. The van der Waals surface area contributed by atoms with Crippen molar-refractivity contribution >= 4 is 34.3 Å². The highest BCUT2D eigenvalue weighted by Crippen LogP contribution is 2.35. The van der Waals surface area contributed by atoms with Gasteiger partial charge in [0, 0.05) is 41.5 Å². The summed E-state index contributed by atoms with van der Waals surface area (Å²) < 4.78 is 6.61. The molecule has 0 bridgehead atoms. The van der Waals surface area contributed by atoms with Crippen molar-refractivity contribution in [2.75, 3.05) is 7.11 Å². The van der Waals surface area contributed by atoms with Crippen LogP contribution in [-0.2, 0) is 21.4 Å². The summed E-state index contributed by atoms with van der Waals surface area (Å²) in [6.07, 6.45) is 2.05. The lowest BCUT2D eigenvalue weighted by molar-refractivity contribution is -0.151. The summed E-state index contributed by atoms with van der Waals surface area (Å²) in [5.74, 6) is -1.62. The first-order chi connectivity index (χ1) is 12.0. The van der Waals surface area contributed by atoms with Crippen molar-refractivity contribution in [1.29, 1.82) is 0 Å². The fraction of sp³-hybridized carbons (Fsp3) is 0.200. The van der Waals surface area contributed by atoms with Gasteiger partial charge in [-0.3, -0.25) is 4.79 Å². The molecule has 0 radical (unpaired) electrons. The fourth-order valence-corrected chi connectivity index (χ4v) is 3.26. The molecule has 1 aromatic heterocycles. The van der Waals surface area contributed by atoms with Crippen LogP contribution >= 0.6 is 11.6 Å². The fourth-order valence-electron chi connectivity index (χ4n) is 3.14. The molecular weight excluding hydrogens is 338 g/mol. The largest absolute Gasteiger partial charge is 0.463 e. The highest BCUT2D eigenvalue weighted by atomic mass is 35.5. The zero-order chi connectivity index (χ0) is 18.0. The third kappa shape index (κ3) is 3.44. The second-order valence-electron chi connectivity index (χ2n) is 5.94. The number of fused-ring (bicyclic) bond motifs is 1. The summed E-state index contributed by atoms with van der Waals surface area (Å²) in [6.45, 7) is 0. The van der Waals surface area contributed by atoms with E-state index >= 15 is 0 Å². The van der Waals surface area contributed by atoms with Crippen molar-refractivity contribution in [2.24, 2.45) is 7.05 Å². The van der Waals surface area contributed by atoms with E-state index < -0.39 is 11.8 Å². The van der Waals surface area contributed by atoms with Gasteiger partial charge in [0.15, 0.2) is 0 Å². The average molecular weight is 356 g/mol. The summed E-state index contributed by atoms with van der Waals surface area (Å²) >= 11 is 6.00. The molecule has 0 saturated carbocycles. The molecule has 1 atom stereocenters. The molecule has 5 heteroatoms. The maximum Gasteiger partial charge on any atom is 0.374 e. The van der Waals surface area contributed by atoms with Crippen molar-refractivity contribution in [3.8, 4) is 0 Å². The Balaban J connectivity index is 2.11. The lowest BCUT2D eigenvalue weighted by Gasteiger charge is -2.16. The predicted octanol–water partition coefficient (Wildman–Crippen LogP) is 4.10. The summed E-state index contributed by atoms with van der Waals surface area (Å²) in [5.41, 5.74) is 3.00. The first-order valence-electron chi connectivity index (χ1n) is 7.92. The Hall–Kier alpha value is -2.59. The smallest absolute Gasteiger partial charge is 0.374 e. The molecule has 0 spiro atoms. The number of para-hydroxylation sites is 1. The molecule has 3 rings (SSSR count). The molecule has 25 heavy (non-hydrogen) atoms. The van der Waals surface area contributed by atoms with Crippen molar-refractivity contribution in [1.82, 2.24) is 4.57 Å². The quantitative estimate of drug-likeness (QED) is 0.511. The molecular formula is C20H18ClNO3. The Morgan fingerprint density at radius 2 is 1.80 bits per heavy atom. The monoisotopic (exact) mass is 355 g/mol.